The first-order valence-electron chi connectivity index (χ1n) is 7.23. The van der Waals surface area contributed by atoms with E-state index < -0.39 is 0 Å². The monoisotopic (exact) mass is 495 g/mol. The van der Waals surface area contributed by atoms with Crippen LogP contribution < -0.4 is 5.32 Å². The largest absolute Gasteiger partial charge is 0.330 e. The molecule has 0 aliphatic heterocycles. The summed E-state index contributed by atoms with van der Waals surface area (Å²) in [6, 6.07) is 5.76. The molecule has 0 bridgehead atoms. The molecule has 0 saturated carbocycles. The molecule has 3 heterocycles. The molecule has 4 rings (SSSR count). The van der Waals surface area contributed by atoms with Gasteiger partial charge in [0, 0.05) is 31.6 Å². The quantitative estimate of drug-likeness (QED) is 0.356. The molecule has 0 aliphatic carbocycles. The first-order valence-corrected chi connectivity index (χ1v) is 10.1. The van der Waals surface area contributed by atoms with Crippen molar-refractivity contribution in [1.29, 1.82) is 0 Å². The number of fused-ring (bicyclic) bond motifs is 1. The summed E-state index contributed by atoms with van der Waals surface area (Å²) in [5.74, 6) is 0.673. The molecule has 0 unspecified atom stereocenters. The number of nitrogens with zero attached hydrogens (tertiary/aromatic N) is 4. The van der Waals surface area contributed by atoms with Gasteiger partial charge in [-0.2, -0.15) is 0 Å². The molecule has 4 aromatic rings. The molecular formula is C16H11Br2N5S2. The molecule has 0 amide bonds. The molecule has 1 N–H and O–H groups in total. The smallest absolute Gasteiger partial charge is 0.234 e. The van der Waals surface area contributed by atoms with Crippen molar-refractivity contribution in [2.24, 2.45) is 0 Å². The van der Waals surface area contributed by atoms with Gasteiger partial charge in [-0.1, -0.05) is 0 Å². The third-order valence-electron chi connectivity index (χ3n) is 3.58. The maximum atomic E-state index is 4.72. The molecule has 126 valence electrons. The fraction of sp³-hybridized carbons (Fsp3) is 0.0625. The van der Waals surface area contributed by atoms with Crippen LogP contribution in [0.5, 0.6) is 0 Å². The Morgan fingerprint density at radius 1 is 1.20 bits per heavy atom. The molecule has 0 radical (unpaired) electrons. The summed E-state index contributed by atoms with van der Waals surface area (Å²) >= 11 is 13.0. The number of hydrogen-bond acceptors (Lipinski definition) is 6. The Morgan fingerprint density at radius 3 is 2.72 bits per heavy atom. The highest BCUT2D eigenvalue weighted by Gasteiger charge is 2.15. The zero-order valence-corrected chi connectivity index (χ0v) is 17.7. The first kappa shape index (κ1) is 17.0. The Morgan fingerprint density at radius 2 is 1.96 bits per heavy atom. The van der Waals surface area contributed by atoms with Gasteiger partial charge in [0.05, 0.1) is 17.1 Å². The minimum atomic E-state index is 0.673. The summed E-state index contributed by atoms with van der Waals surface area (Å²) in [6.45, 7) is 1.97. The van der Waals surface area contributed by atoms with Crippen LogP contribution in [-0.4, -0.2) is 19.4 Å². The van der Waals surface area contributed by atoms with Gasteiger partial charge in [-0.3, -0.25) is 4.40 Å². The van der Waals surface area contributed by atoms with Crippen LogP contribution in [0, 0.1) is 6.92 Å². The molecule has 5 nitrogen and oxygen atoms in total. The van der Waals surface area contributed by atoms with Crippen molar-refractivity contribution in [3.8, 4) is 11.4 Å². The van der Waals surface area contributed by atoms with Crippen LogP contribution in [-0.2, 0) is 0 Å². The van der Waals surface area contributed by atoms with Crippen LogP contribution in [0.4, 0.5) is 10.8 Å². The van der Waals surface area contributed by atoms with Gasteiger partial charge in [-0.25, -0.2) is 15.0 Å². The van der Waals surface area contributed by atoms with E-state index in [-0.39, 0.29) is 0 Å². The van der Waals surface area contributed by atoms with Crippen molar-refractivity contribution in [3.63, 3.8) is 0 Å². The number of thiol groups is 1. The van der Waals surface area contributed by atoms with Crippen LogP contribution in [0.1, 0.15) is 5.69 Å². The van der Waals surface area contributed by atoms with Gasteiger partial charge in [0.1, 0.15) is 5.69 Å². The highest BCUT2D eigenvalue weighted by atomic mass is 79.9. The standard InChI is InChI=1S/C16H11Br2N5S2/c1-8-14(23-4-2-3-19-15(23)20-8)12-7-25-16(21-12)22-13-10(17)5-9(24)6-11(13)18/h2-7,24H,1H3,(H,21,22). The van der Waals surface area contributed by atoms with Crippen molar-refractivity contribution in [1.82, 2.24) is 19.4 Å². The van der Waals surface area contributed by atoms with Crippen LogP contribution in [0.3, 0.4) is 0 Å². The number of imidazole rings is 1. The molecule has 3 aromatic heterocycles. The summed E-state index contributed by atoms with van der Waals surface area (Å²) in [4.78, 5) is 14.4. The molecule has 0 spiro atoms. The highest BCUT2D eigenvalue weighted by molar-refractivity contribution is 9.11. The van der Waals surface area contributed by atoms with Crippen molar-refractivity contribution < 1.29 is 0 Å². The zero-order chi connectivity index (χ0) is 17.6. The number of rotatable bonds is 3. The Kier molecular flexibility index (Phi) is 4.57. The number of aromatic nitrogens is 4. The van der Waals surface area contributed by atoms with Crippen molar-refractivity contribution in [3.05, 3.63) is 50.6 Å². The molecule has 25 heavy (non-hydrogen) atoms. The van der Waals surface area contributed by atoms with E-state index in [1.165, 1.54) is 11.3 Å². The second-order valence-electron chi connectivity index (χ2n) is 5.28. The van der Waals surface area contributed by atoms with Crippen LogP contribution in [0.25, 0.3) is 17.2 Å². The van der Waals surface area contributed by atoms with Crippen molar-refractivity contribution >= 4 is 72.4 Å². The second-order valence-corrected chi connectivity index (χ2v) is 8.37. The Hall–Kier alpha value is -1.42. The van der Waals surface area contributed by atoms with Crippen LogP contribution in [0.2, 0.25) is 0 Å². The lowest BCUT2D eigenvalue weighted by atomic mass is 10.3. The lowest BCUT2D eigenvalue weighted by molar-refractivity contribution is 1.11. The van der Waals surface area contributed by atoms with E-state index in [0.717, 1.165) is 41.7 Å². The summed E-state index contributed by atoms with van der Waals surface area (Å²) in [7, 11) is 0. The second kappa shape index (κ2) is 6.71. The predicted molar refractivity (Wildman–Crippen MR) is 111 cm³/mol. The topological polar surface area (TPSA) is 55.1 Å². The molecule has 0 aliphatic rings. The molecular weight excluding hydrogens is 486 g/mol. The van der Waals surface area contributed by atoms with E-state index in [0.29, 0.717) is 5.78 Å². The summed E-state index contributed by atoms with van der Waals surface area (Å²) in [6.07, 6.45) is 3.68. The normalized spacial score (nSPS) is 11.2. The SMILES string of the molecule is Cc1nc2ncccn2c1-c1csc(Nc2c(Br)cc(S)cc2Br)n1. The number of anilines is 2. The van der Waals surface area contributed by atoms with Gasteiger partial charge in [0.2, 0.25) is 5.78 Å². The highest BCUT2D eigenvalue weighted by Crippen LogP contribution is 2.37. The molecule has 9 heteroatoms. The van der Waals surface area contributed by atoms with Crippen LogP contribution in [0.15, 0.2) is 49.8 Å². The van der Waals surface area contributed by atoms with E-state index in [4.69, 9.17) is 4.98 Å². The van der Waals surface area contributed by atoms with Gasteiger partial charge in [0.15, 0.2) is 5.13 Å². The summed E-state index contributed by atoms with van der Waals surface area (Å²) in [5, 5.41) is 6.16. The van der Waals surface area contributed by atoms with Crippen molar-refractivity contribution in [2.45, 2.75) is 11.8 Å². The minimum absolute atomic E-state index is 0.673. The molecule has 1 aromatic carbocycles. The van der Waals surface area contributed by atoms with Crippen molar-refractivity contribution in [2.75, 3.05) is 5.32 Å². The number of hydrogen-bond donors (Lipinski definition) is 2. The zero-order valence-electron chi connectivity index (χ0n) is 12.9. The maximum absolute atomic E-state index is 4.72. The number of benzene rings is 1. The van der Waals surface area contributed by atoms with Gasteiger partial charge in [0.25, 0.3) is 0 Å². The fourth-order valence-corrected chi connectivity index (χ4v) is 5.23. The fourth-order valence-electron chi connectivity index (χ4n) is 2.53. The number of thiazole rings is 1. The van der Waals surface area contributed by atoms with E-state index >= 15 is 0 Å². The average Bonchev–Trinajstić information content (AvgIpc) is 3.13. The first-order chi connectivity index (χ1) is 12.0. The van der Waals surface area contributed by atoms with E-state index in [1.807, 2.05) is 41.1 Å². The molecule has 0 atom stereocenters. The maximum Gasteiger partial charge on any atom is 0.234 e. The Balaban J connectivity index is 1.72. The summed E-state index contributed by atoms with van der Waals surface area (Å²) in [5.41, 5.74) is 3.63. The van der Waals surface area contributed by atoms with Gasteiger partial charge in [-0.05, 0) is 57.0 Å². The lowest BCUT2D eigenvalue weighted by Crippen LogP contribution is -1.94. The molecule has 0 fully saturated rings. The van der Waals surface area contributed by atoms with Crippen LogP contribution >= 0.6 is 55.8 Å². The summed E-state index contributed by atoms with van der Waals surface area (Å²) < 4.78 is 3.79. The van der Waals surface area contributed by atoms with E-state index in [9.17, 15) is 0 Å². The third kappa shape index (κ3) is 3.21. The Labute approximate surface area is 170 Å². The van der Waals surface area contributed by atoms with E-state index in [1.54, 1.807) is 6.20 Å². The van der Waals surface area contributed by atoms with Gasteiger partial charge in [-0.15, -0.1) is 24.0 Å². The number of halogens is 2. The number of nitrogens with one attached hydrogen (secondary N) is 1. The van der Waals surface area contributed by atoms with Gasteiger partial charge < -0.3 is 5.32 Å². The predicted octanol–water partition coefficient (Wildman–Crippen LogP) is 5.72. The average molecular weight is 497 g/mol. The molecule has 0 saturated heterocycles. The third-order valence-corrected chi connectivity index (χ3v) is 5.85. The van der Waals surface area contributed by atoms with E-state index in [2.05, 4.69) is 59.8 Å². The minimum Gasteiger partial charge on any atom is -0.330 e. The lowest BCUT2D eigenvalue weighted by Gasteiger charge is -2.09. The Bertz CT molecular complexity index is 1070. The number of aryl methyl sites for hydroxylation is 1. The van der Waals surface area contributed by atoms with Gasteiger partial charge >= 0.3 is 0 Å².